The molecule has 0 saturated carbocycles. The Bertz CT molecular complexity index is 825. The van der Waals surface area contributed by atoms with Gasteiger partial charge in [-0.3, -0.25) is 10.1 Å². The average Bonchev–Trinajstić information content (AvgIpc) is 2.93. The highest BCUT2D eigenvalue weighted by molar-refractivity contribution is 5.97. The van der Waals surface area contributed by atoms with Crippen molar-refractivity contribution in [1.82, 2.24) is 15.2 Å². The number of carbonyl (C=O) groups excluding carboxylic acids is 3. The Kier molecular flexibility index (Phi) is 6.32. The maximum atomic E-state index is 12.3. The van der Waals surface area contributed by atoms with Crippen molar-refractivity contribution >= 4 is 17.9 Å². The number of aryl methyl sites for hydroxylation is 1. The zero-order chi connectivity index (χ0) is 19.1. The zero-order valence-electron chi connectivity index (χ0n) is 14.7. The molecule has 2 aromatic rings. The summed E-state index contributed by atoms with van der Waals surface area (Å²) in [5.74, 6) is -1.33. The minimum Gasteiger partial charge on any atom is -0.452 e. The predicted octanol–water partition coefficient (Wildman–Crippen LogP) is 2.26. The smallest absolute Gasteiger partial charge is 0.340 e. The second kappa shape index (κ2) is 8.66. The number of hydrogen-bond donors (Lipinski definition) is 2. The minimum absolute atomic E-state index is 0.227. The van der Waals surface area contributed by atoms with Gasteiger partial charge in [-0.15, -0.1) is 6.58 Å². The number of ether oxygens (including phenoxy) is 1. The predicted molar refractivity (Wildman–Crippen MR) is 97.3 cm³/mol. The van der Waals surface area contributed by atoms with E-state index in [0.29, 0.717) is 11.3 Å². The molecule has 7 nitrogen and oxygen atoms in total. The van der Waals surface area contributed by atoms with E-state index < -0.39 is 24.5 Å². The Morgan fingerprint density at radius 1 is 1.19 bits per heavy atom. The molecule has 0 aliphatic carbocycles. The monoisotopic (exact) mass is 355 g/mol. The summed E-state index contributed by atoms with van der Waals surface area (Å²) < 4.78 is 6.95. The van der Waals surface area contributed by atoms with Crippen molar-refractivity contribution in [2.75, 3.05) is 13.2 Å². The van der Waals surface area contributed by atoms with Crippen LogP contribution in [0, 0.1) is 13.8 Å². The van der Waals surface area contributed by atoms with Gasteiger partial charge >= 0.3 is 12.0 Å². The minimum atomic E-state index is -0.711. The van der Waals surface area contributed by atoms with E-state index in [9.17, 15) is 14.4 Å². The highest BCUT2D eigenvalue weighted by Crippen LogP contribution is 2.21. The summed E-state index contributed by atoms with van der Waals surface area (Å²) in [6.45, 7) is 6.81. The Morgan fingerprint density at radius 3 is 2.54 bits per heavy atom. The van der Waals surface area contributed by atoms with E-state index in [4.69, 9.17) is 4.74 Å². The standard InChI is InChI=1S/C19H21N3O4/c1-4-10-20-19(25)21-17(23)12-26-18(24)16-11-13(2)22(14(16)3)15-8-6-5-7-9-15/h4-9,11H,1,10,12H2,2-3H3,(H2,20,21,23,25). The van der Waals surface area contributed by atoms with Crippen molar-refractivity contribution in [3.63, 3.8) is 0 Å². The topological polar surface area (TPSA) is 89.4 Å². The van der Waals surface area contributed by atoms with Crippen molar-refractivity contribution in [3.8, 4) is 5.69 Å². The molecule has 0 spiro atoms. The summed E-state index contributed by atoms with van der Waals surface area (Å²) in [5, 5.41) is 4.45. The van der Waals surface area contributed by atoms with E-state index in [1.165, 1.54) is 6.08 Å². The molecule has 2 rings (SSSR count). The zero-order valence-corrected chi connectivity index (χ0v) is 14.7. The van der Waals surface area contributed by atoms with Crippen LogP contribution in [0.3, 0.4) is 0 Å². The van der Waals surface area contributed by atoms with Gasteiger partial charge in [-0.2, -0.15) is 0 Å². The van der Waals surface area contributed by atoms with E-state index in [1.54, 1.807) is 13.0 Å². The number of aromatic nitrogens is 1. The van der Waals surface area contributed by atoms with Crippen LogP contribution in [0.1, 0.15) is 21.7 Å². The van der Waals surface area contributed by atoms with Gasteiger partial charge in [0.15, 0.2) is 6.61 Å². The normalized spacial score (nSPS) is 10.1. The number of urea groups is 1. The molecular formula is C19H21N3O4. The molecule has 0 aliphatic rings. The number of benzene rings is 1. The number of esters is 1. The number of imide groups is 1. The number of carbonyl (C=O) groups is 3. The van der Waals surface area contributed by atoms with Crippen LogP contribution < -0.4 is 10.6 Å². The molecule has 1 aromatic heterocycles. The molecule has 3 amide bonds. The molecule has 26 heavy (non-hydrogen) atoms. The second-order valence-corrected chi connectivity index (χ2v) is 5.58. The molecule has 1 aromatic carbocycles. The summed E-state index contributed by atoms with van der Waals surface area (Å²) in [6.07, 6.45) is 1.48. The Labute approximate surface area is 151 Å². The molecule has 0 atom stereocenters. The molecule has 2 N–H and O–H groups in total. The highest BCUT2D eigenvalue weighted by Gasteiger charge is 2.19. The number of rotatable bonds is 6. The third-order valence-corrected chi connectivity index (χ3v) is 3.66. The van der Waals surface area contributed by atoms with Gasteiger partial charge in [-0.25, -0.2) is 9.59 Å². The molecule has 0 radical (unpaired) electrons. The van der Waals surface area contributed by atoms with Gasteiger partial charge in [0, 0.05) is 23.6 Å². The maximum absolute atomic E-state index is 12.3. The van der Waals surface area contributed by atoms with Gasteiger partial charge < -0.3 is 14.6 Å². The van der Waals surface area contributed by atoms with E-state index in [2.05, 4.69) is 17.2 Å². The number of nitrogens with one attached hydrogen (secondary N) is 2. The first-order valence-corrected chi connectivity index (χ1v) is 8.04. The third kappa shape index (κ3) is 4.60. The lowest BCUT2D eigenvalue weighted by Crippen LogP contribution is -2.41. The van der Waals surface area contributed by atoms with E-state index in [0.717, 1.165) is 11.4 Å². The average molecular weight is 355 g/mol. The first-order chi connectivity index (χ1) is 12.4. The molecule has 136 valence electrons. The van der Waals surface area contributed by atoms with Gasteiger partial charge in [0.05, 0.1) is 5.56 Å². The fraction of sp³-hybridized carbons (Fsp3) is 0.211. The first-order valence-electron chi connectivity index (χ1n) is 8.04. The molecule has 7 heteroatoms. The van der Waals surface area contributed by atoms with Crippen LogP contribution in [-0.4, -0.2) is 35.6 Å². The third-order valence-electron chi connectivity index (χ3n) is 3.66. The van der Waals surface area contributed by atoms with Crippen molar-refractivity contribution in [3.05, 3.63) is 66.0 Å². The van der Waals surface area contributed by atoms with Crippen LogP contribution in [0.15, 0.2) is 49.1 Å². The Morgan fingerprint density at radius 2 is 1.88 bits per heavy atom. The lowest BCUT2D eigenvalue weighted by atomic mass is 10.2. The van der Waals surface area contributed by atoms with Gasteiger partial charge in [0.25, 0.3) is 5.91 Å². The summed E-state index contributed by atoms with van der Waals surface area (Å²) in [4.78, 5) is 35.3. The fourth-order valence-corrected chi connectivity index (χ4v) is 2.52. The van der Waals surface area contributed by atoms with E-state index >= 15 is 0 Å². The van der Waals surface area contributed by atoms with Crippen molar-refractivity contribution in [2.45, 2.75) is 13.8 Å². The molecule has 1 heterocycles. The molecule has 0 unspecified atom stereocenters. The van der Waals surface area contributed by atoms with Crippen LogP contribution in [0.2, 0.25) is 0 Å². The summed E-state index contributed by atoms with van der Waals surface area (Å²) >= 11 is 0. The highest BCUT2D eigenvalue weighted by atomic mass is 16.5. The lowest BCUT2D eigenvalue weighted by molar-refractivity contribution is -0.123. The van der Waals surface area contributed by atoms with Crippen LogP contribution in [-0.2, 0) is 9.53 Å². The van der Waals surface area contributed by atoms with Gasteiger partial charge in [0.2, 0.25) is 0 Å². The molecular weight excluding hydrogens is 334 g/mol. The molecule has 0 aliphatic heterocycles. The number of amides is 3. The maximum Gasteiger partial charge on any atom is 0.340 e. The van der Waals surface area contributed by atoms with Crippen molar-refractivity contribution < 1.29 is 19.1 Å². The summed E-state index contributed by atoms with van der Waals surface area (Å²) in [7, 11) is 0. The molecule has 0 fully saturated rings. The van der Waals surface area contributed by atoms with E-state index in [1.807, 2.05) is 41.8 Å². The van der Waals surface area contributed by atoms with Crippen LogP contribution in [0.5, 0.6) is 0 Å². The molecule has 0 saturated heterocycles. The number of nitrogens with zero attached hydrogens (tertiary/aromatic N) is 1. The Hall–Kier alpha value is -3.35. The lowest BCUT2D eigenvalue weighted by Gasteiger charge is -2.10. The van der Waals surface area contributed by atoms with Gasteiger partial charge in [-0.05, 0) is 32.0 Å². The van der Waals surface area contributed by atoms with Crippen molar-refractivity contribution in [2.24, 2.45) is 0 Å². The second-order valence-electron chi connectivity index (χ2n) is 5.58. The van der Waals surface area contributed by atoms with Crippen LogP contribution in [0.25, 0.3) is 5.69 Å². The number of hydrogen-bond acceptors (Lipinski definition) is 4. The van der Waals surface area contributed by atoms with Gasteiger partial charge in [0.1, 0.15) is 0 Å². The first kappa shape index (κ1) is 19.0. The fourth-order valence-electron chi connectivity index (χ4n) is 2.52. The number of para-hydroxylation sites is 1. The van der Waals surface area contributed by atoms with Crippen LogP contribution in [0.4, 0.5) is 4.79 Å². The summed E-state index contributed by atoms with van der Waals surface area (Å²) in [5.41, 5.74) is 2.88. The Balaban J connectivity index is 2.01. The van der Waals surface area contributed by atoms with Crippen molar-refractivity contribution in [1.29, 1.82) is 0 Å². The largest absolute Gasteiger partial charge is 0.452 e. The van der Waals surface area contributed by atoms with Crippen LogP contribution >= 0.6 is 0 Å². The SMILES string of the molecule is C=CCNC(=O)NC(=O)COC(=O)c1cc(C)n(-c2ccccc2)c1C. The van der Waals surface area contributed by atoms with E-state index in [-0.39, 0.29) is 6.54 Å². The summed E-state index contributed by atoms with van der Waals surface area (Å²) in [6, 6.07) is 10.6. The quantitative estimate of drug-likeness (QED) is 0.614. The molecule has 0 bridgehead atoms. The van der Waals surface area contributed by atoms with Gasteiger partial charge in [-0.1, -0.05) is 24.3 Å².